The van der Waals surface area contributed by atoms with Gasteiger partial charge in [0.05, 0.1) is 22.7 Å². The van der Waals surface area contributed by atoms with Crippen LogP contribution in [-0.4, -0.2) is 61.2 Å². The van der Waals surface area contributed by atoms with Gasteiger partial charge in [-0.2, -0.15) is 9.57 Å². The molecule has 0 bridgehead atoms. The van der Waals surface area contributed by atoms with Crippen molar-refractivity contribution >= 4 is 27.3 Å². The number of nitro groups is 1. The van der Waals surface area contributed by atoms with E-state index < -0.39 is 20.6 Å². The molecule has 1 heterocycles. The number of sulfonamides is 1. The standard InChI is InChI=1S/C19H19N5O5S/c20-13-15-5-1-2-6-16(15)21-19(25)14-22-9-11-23(12-10-22)30(28,29)18-8-4-3-7-17(18)24(26)27/h1-8H,9-12,14H2,(H,21,25). The van der Waals surface area contributed by atoms with E-state index in [1.165, 1.54) is 22.5 Å². The summed E-state index contributed by atoms with van der Waals surface area (Å²) in [7, 11) is -4.02. The monoisotopic (exact) mass is 429 g/mol. The van der Waals surface area contributed by atoms with Gasteiger partial charge in [-0.15, -0.1) is 0 Å². The molecule has 0 atom stereocenters. The van der Waals surface area contributed by atoms with E-state index >= 15 is 0 Å². The second kappa shape index (κ2) is 9.00. The van der Waals surface area contributed by atoms with Crippen LogP contribution in [0.1, 0.15) is 5.56 Å². The highest BCUT2D eigenvalue weighted by atomic mass is 32.2. The number of nitrogens with one attached hydrogen (secondary N) is 1. The number of nitriles is 1. The fraction of sp³-hybridized carbons (Fsp3) is 0.263. The average Bonchev–Trinajstić information content (AvgIpc) is 2.74. The summed E-state index contributed by atoms with van der Waals surface area (Å²) >= 11 is 0. The predicted molar refractivity (Wildman–Crippen MR) is 108 cm³/mol. The van der Waals surface area contributed by atoms with Crippen LogP contribution in [0.25, 0.3) is 0 Å². The van der Waals surface area contributed by atoms with Crippen LogP contribution in [0.4, 0.5) is 11.4 Å². The van der Waals surface area contributed by atoms with E-state index in [0.717, 1.165) is 6.07 Å². The van der Waals surface area contributed by atoms with Crippen molar-refractivity contribution in [2.24, 2.45) is 0 Å². The summed E-state index contributed by atoms with van der Waals surface area (Å²) in [5.74, 6) is -0.312. The third-order valence-corrected chi connectivity index (χ3v) is 6.65. The van der Waals surface area contributed by atoms with Gasteiger partial charge in [0.25, 0.3) is 5.69 Å². The largest absolute Gasteiger partial charge is 0.324 e. The fourth-order valence-corrected chi connectivity index (χ4v) is 4.76. The molecular weight excluding hydrogens is 410 g/mol. The maximum atomic E-state index is 12.8. The zero-order valence-corrected chi connectivity index (χ0v) is 16.7. The molecule has 1 fully saturated rings. The number of rotatable bonds is 6. The number of carbonyl (C=O) groups is 1. The molecule has 0 spiro atoms. The molecule has 0 saturated carbocycles. The van der Waals surface area contributed by atoms with Crippen LogP contribution in [0, 0.1) is 21.4 Å². The molecule has 1 amide bonds. The van der Waals surface area contributed by atoms with E-state index in [-0.39, 0.29) is 30.4 Å². The molecule has 3 rings (SSSR count). The second-order valence-electron chi connectivity index (χ2n) is 6.61. The quantitative estimate of drug-likeness (QED) is 0.541. The van der Waals surface area contributed by atoms with Crippen molar-refractivity contribution in [1.82, 2.24) is 9.21 Å². The van der Waals surface area contributed by atoms with Crippen molar-refractivity contribution in [3.63, 3.8) is 0 Å². The number of benzene rings is 2. The first kappa shape index (κ1) is 21.4. The molecule has 0 radical (unpaired) electrons. The zero-order chi connectivity index (χ0) is 21.7. The van der Waals surface area contributed by atoms with Crippen molar-refractivity contribution < 1.29 is 18.1 Å². The molecule has 0 aromatic heterocycles. The maximum Gasteiger partial charge on any atom is 0.289 e. The lowest BCUT2D eigenvalue weighted by atomic mass is 10.2. The van der Waals surface area contributed by atoms with Gasteiger partial charge in [-0.05, 0) is 18.2 Å². The van der Waals surface area contributed by atoms with Gasteiger partial charge in [-0.3, -0.25) is 19.8 Å². The van der Waals surface area contributed by atoms with Crippen molar-refractivity contribution in [1.29, 1.82) is 5.26 Å². The Hall–Kier alpha value is -3.33. The van der Waals surface area contributed by atoms with E-state index in [4.69, 9.17) is 5.26 Å². The highest BCUT2D eigenvalue weighted by Gasteiger charge is 2.33. The van der Waals surface area contributed by atoms with E-state index in [1.807, 2.05) is 6.07 Å². The summed E-state index contributed by atoms with van der Waals surface area (Å²) in [5, 5.41) is 22.9. The summed E-state index contributed by atoms with van der Waals surface area (Å²) in [6.07, 6.45) is 0. The number of carbonyl (C=O) groups excluding carboxylic acids is 1. The lowest BCUT2D eigenvalue weighted by molar-refractivity contribution is -0.387. The highest BCUT2D eigenvalue weighted by Crippen LogP contribution is 2.26. The van der Waals surface area contributed by atoms with Crippen LogP contribution in [0.15, 0.2) is 53.4 Å². The first-order valence-corrected chi connectivity index (χ1v) is 10.5. The molecule has 2 aromatic rings. The van der Waals surface area contributed by atoms with E-state index in [1.54, 1.807) is 29.2 Å². The van der Waals surface area contributed by atoms with Crippen LogP contribution < -0.4 is 5.32 Å². The second-order valence-corrected chi connectivity index (χ2v) is 8.52. The fourth-order valence-electron chi connectivity index (χ4n) is 3.18. The summed E-state index contributed by atoms with van der Waals surface area (Å²) in [6, 6.07) is 13.9. The molecule has 1 aliphatic rings. The van der Waals surface area contributed by atoms with Crippen LogP contribution in [0.3, 0.4) is 0 Å². The van der Waals surface area contributed by atoms with Crippen LogP contribution in [0.5, 0.6) is 0 Å². The summed E-state index contributed by atoms with van der Waals surface area (Å²) in [5.41, 5.74) is 0.310. The Morgan fingerprint density at radius 2 is 1.73 bits per heavy atom. The van der Waals surface area contributed by atoms with Crippen LogP contribution >= 0.6 is 0 Å². The Morgan fingerprint density at radius 3 is 2.40 bits per heavy atom. The summed E-state index contributed by atoms with van der Waals surface area (Å²) in [4.78, 5) is 24.2. The molecular formula is C19H19N5O5S. The van der Waals surface area contributed by atoms with Gasteiger partial charge in [0.15, 0.2) is 4.90 Å². The Labute approximate surface area is 173 Å². The lowest BCUT2D eigenvalue weighted by Crippen LogP contribution is -2.50. The number of hydrogen-bond donors (Lipinski definition) is 1. The minimum absolute atomic E-state index is 0.0408. The van der Waals surface area contributed by atoms with Gasteiger partial charge in [0.1, 0.15) is 6.07 Å². The van der Waals surface area contributed by atoms with E-state index in [0.29, 0.717) is 24.3 Å². The Morgan fingerprint density at radius 1 is 1.10 bits per heavy atom. The normalized spacial score (nSPS) is 15.3. The van der Waals surface area contributed by atoms with Crippen molar-refractivity contribution in [3.8, 4) is 6.07 Å². The average molecular weight is 429 g/mol. The molecule has 11 heteroatoms. The van der Waals surface area contributed by atoms with Gasteiger partial charge >= 0.3 is 0 Å². The lowest BCUT2D eigenvalue weighted by Gasteiger charge is -2.33. The Balaban J connectivity index is 1.62. The molecule has 30 heavy (non-hydrogen) atoms. The summed E-state index contributed by atoms with van der Waals surface area (Å²) in [6.45, 7) is 0.854. The molecule has 1 aliphatic heterocycles. The van der Waals surface area contributed by atoms with Crippen LogP contribution in [0.2, 0.25) is 0 Å². The Bertz CT molecular complexity index is 1100. The number of para-hydroxylation sites is 2. The SMILES string of the molecule is N#Cc1ccccc1NC(=O)CN1CCN(S(=O)(=O)c2ccccc2[N+](=O)[O-])CC1. The van der Waals surface area contributed by atoms with Gasteiger partial charge in [-0.25, -0.2) is 8.42 Å². The van der Waals surface area contributed by atoms with Crippen molar-refractivity contribution in [2.45, 2.75) is 4.90 Å². The summed E-state index contributed by atoms with van der Waals surface area (Å²) < 4.78 is 26.9. The molecule has 2 aromatic carbocycles. The molecule has 1 N–H and O–H groups in total. The third-order valence-electron chi connectivity index (χ3n) is 4.70. The van der Waals surface area contributed by atoms with Gasteiger partial charge in [0.2, 0.25) is 15.9 Å². The molecule has 156 valence electrons. The topological polar surface area (TPSA) is 137 Å². The van der Waals surface area contributed by atoms with E-state index in [2.05, 4.69) is 5.32 Å². The van der Waals surface area contributed by atoms with Crippen molar-refractivity contribution in [2.75, 3.05) is 38.0 Å². The number of nitro benzene ring substituents is 1. The maximum absolute atomic E-state index is 12.8. The van der Waals surface area contributed by atoms with Crippen LogP contribution in [-0.2, 0) is 14.8 Å². The molecule has 0 unspecified atom stereocenters. The first-order chi connectivity index (χ1) is 14.3. The number of piperazine rings is 1. The number of hydrogen-bond acceptors (Lipinski definition) is 7. The zero-order valence-electron chi connectivity index (χ0n) is 15.9. The smallest absolute Gasteiger partial charge is 0.289 e. The highest BCUT2D eigenvalue weighted by molar-refractivity contribution is 7.89. The minimum Gasteiger partial charge on any atom is -0.324 e. The van der Waals surface area contributed by atoms with Crippen molar-refractivity contribution in [3.05, 3.63) is 64.2 Å². The van der Waals surface area contributed by atoms with Gasteiger partial charge < -0.3 is 5.32 Å². The third kappa shape index (κ3) is 4.62. The molecule has 0 aliphatic carbocycles. The van der Waals surface area contributed by atoms with Gasteiger partial charge in [-0.1, -0.05) is 24.3 Å². The predicted octanol–water partition coefficient (Wildman–Crippen LogP) is 1.41. The Kier molecular flexibility index (Phi) is 6.41. The molecule has 10 nitrogen and oxygen atoms in total. The molecule has 1 saturated heterocycles. The number of anilines is 1. The number of nitrogens with zero attached hydrogens (tertiary/aromatic N) is 4. The number of amides is 1. The minimum atomic E-state index is -4.02. The first-order valence-electron chi connectivity index (χ1n) is 9.08. The van der Waals surface area contributed by atoms with Gasteiger partial charge in [0, 0.05) is 32.2 Å². The van der Waals surface area contributed by atoms with E-state index in [9.17, 15) is 23.3 Å².